The van der Waals surface area contributed by atoms with Gasteiger partial charge in [-0.3, -0.25) is 9.59 Å². The Labute approximate surface area is 123 Å². The molecule has 1 N–H and O–H groups in total. The summed E-state index contributed by atoms with van der Waals surface area (Å²) in [6.07, 6.45) is 2.00. The van der Waals surface area contributed by atoms with Gasteiger partial charge >= 0.3 is 11.9 Å². The maximum absolute atomic E-state index is 11.9. The first-order valence-corrected chi connectivity index (χ1v) is 7.04. The Morgan fingerprint density at radius 2 is 1.86 bits per heavy atom. The standard InChI is InChI=1S/C15H21NO5/c1-4-20-13(18)8-6-7-11-10(3)12(9-17)16-14(11)15(19)21-5-2/h9,16H,4-8H2,1-3H3. The minimum atomic E-state index is -0.486. The third-order valence-electron chi connectivity index (χ3n) is 3.13. The highest BCUT2D eigenvalue weighted by molar-refractivity contribution is 5.92. The molecule has 0 spiro atoms. The number of ether oxygens (including phenoxy) is 2. The molecular weight excluding hydrogens is 274 g/mol. The molecule has 0 unspecified atom stereocenters. The minimum Gasteiger partial charge on any atom is -0.466 e. The average molecular weight is 295 g/mol. The van der Waals surface area contributed by atoms with Crippen molar-refractivity contribution in [2.24, 2.45) is 0 Å². The van der Waals surface area contributed by atoms with E-state index in [1.54, 1.807) is 20.8 Å². The van der Waals surface area contributed by atoms with Gasteiger partial charge in [-0.25, -0.2) is 4.79 Å². The van der Waals surface area contributed by atoms with Crippen LogP contribution in [0.2, 0.25) is 0 Å². The van der Waals surface area contributed by atoms with Crippen molar-refractivity contribution in [1.29, 1.82) is 0 Å². The molecule has 6 heteroatoms. The smallest absolute Gasteiger partial charge is 0.355 e. The number of hydrogen-bond acceptors (Lipinski definition) is 5. The quantitative estimate of drug-likeness (QED) is 0.587. The van der Waals surface area contributed by atoms with Crippen LogP contribution >= 0.6 is 0 Å². The molecule has 0 radical (unpaired) electrons. The summed E-state index contributed by atoms with van der Waals surface area (Å²) < 4.78 is 9.83. The molecule has 0 bridgehead atoms. The van der Waals surface area contributed by atoms with E-state index in [9.17, 15) is 14.4 Å². The van der Waals surface area contributed by atoms with Crippen molar-refractivity contribution in [3.05, 3.63) is 22.5 Å². The van der Waals surface area contributed by atoms with Gasteiger partial charge in [-0.2, -0.15) is 0 Å². The fraction of sp³-hybridized carbons (Fsp3) is 0.533. The lowest BCUT2D eigenvalue weighted by Crippen LogP contribution is -2.09. The van der Waals surface area contributed by atoms with Crippen molar-refractivity contribution < 1.29 is 23.9 Å². The Morgan fingerprint density at radius 1 is 1.19 bits per heavy atom. The van der Waals surface area contributed by atoms with E-state index >= 15 is 0 Å². The monoisotopic (exact) mass is 295 g/mol. The first kappa shape index (κ1) is 16.9. The van der Waals surface area contributed by atoms with Gasteiger partial charge in [-0.1, -0.05) is 0 Å². The minimum absolute atomic E-state index is 0.260. The van der Waals surface area contributed by atoms with Crippen molar-refractivity contribution in [2.45, 2.75) is 40.0 Å². The molecular formula is C15H21NO5. The molecule has 116 valence electrons. The van der Waals surface area contributed by atoms with Gasteiger partial charge in [-0.05, 0) is 44.7 Å². The summed E-state index contributed by atoms with van der Waals surface area (Å²) in [6.45, 7) is 5.85. The topological polar surface area (TPSA) is 85.5 Å². The van der Waals surface area contributed by atoms with Crippen molar-refractivity contribution in [1.82, 2.24) is 4.98 Å². The Balaban J connectivity index is 2.83. The number of H-pyrrole nitrogens is 1. The zero-order chi connectivity index (χ0) is 15.8. The molecule has 0 aliphatic carbocycles. The highest BCUT2D eigenvalue weighted by atomic mass is 16.5. The molecule has 1 aromatic rings. The molecule has 0 atom stereocenters. The van der Waals surface area contributed by atoms with Gasteiger partial charge in [0.1, 0.15) is 5.69 Å². The summed E-state index contributed by atoms with van der Waals surface area (Å²) in [5.41, 5.74) is 2.10. The normalized spacial score (nSPS) is 10.2. The maximum Gasteiger partial charge on any atom is 0.355 e. The van der Waals surface area contributed by atoms with E-state index in [-0.39, 0.29) is 19.0 Å². The van der Waals surface area contributed by atoms with Crippen LogP contribution in [0.4, 0.5) is 0 Å². The van der Waals surface area contributed by atoms with Gasteiger partial charge in [0.2, 0.25) is 0 Å². The predicted molar refractivity (Wildman–Crippen MR) is 76.4 cm³/mol. The number of carbonyl (C=O) groups is 3. The number of carbonyl (C=O) groups excluding carboxylic acids is 3. The highest BCUT2D eigenvalue weighted by Gasteiger charge is 2.20. The van der Waals surface area contributed by atoms with Crippen molar-refractivity contribution in [2.75, 3.05) is 13.2 Å². The number of aldehydes is 1. The van der Waals surface area contributed by atoms with Crippen LogP contribution in [0, 0.1) is 6.92 Å². The number of aromatic nitrogens is 1. The van der Waals surface area contributed by atoms with E-state index < -0.39 is 5.97 Å². The number of esters is 2. The van der Waals surface area contributed by atoms with Crippen LogP contribution < -0.4 is 0 Å². The van der Waals surface area contributed by atoms with Crippen LogP contribution in [0.15, 0.2) is 0 Å². The van der Waals surface area contributed by atoms with Crippen molar-refractivity contribution in [3.63, 3.8) is 0 Å². The number of rotatable bonds is 8. The Kier molecular flexibility index (Phi) is 6.65. The molecule has 1 rings (SSSR count). The first-order chi connectivity index (χ1) is 10.0. The van der Waals surface area contributed by atoms with Gasteiger partial charge in [0, 0.05) is 6.42 Å². The summed E-state index contributed by atoms with van der Waals surface area (Å²) in [4.78, 5) is 37.0. The fourth-order valence-electron chi connectivity index (χ4n) is 2.10. The first-order valence-electron chi connectivity index (χ1n) is 7.04. The van der Waals surface area contributed by atoms with Gasteiger partial charge in [0.15, 0.2) is 6.29 Å². The Morgan fingerprint density at radius 3 is 2.43 bits per heavy atom. The Hall–Kier alpha value is -2.11. The van der Waals surface area contributed by atoms with E-state index in [0.29, 0.717) is 37.1 Å². The van der Waals surface area contributed by atoms with Crippen LogP contribution in [0.3, 0.4) is 0 Å². The predicted octanol–water partition coefficient (Wildman–Crippen LogP) is 2.20. The molecule has 0 aliphatic heterocycles. The van der Waals surface area contributed by atoms with Gasteiger partial charge in [0.25, 0.3) is 0 Å². The molecule has 0 fully saturated rings. The lowest BCUT2D eigenvalue weighted by Gasteiger charge is -2.05. The third kappa shape index (κ3) is 4.44. The summed E-state index contributed by atoms with van der Waals surface area (Å²) in [5.74, 6) is -0.751. The molecule has 0 saturated heterocycles. The van der Waals surface area contributed by atoms with E-state index in [4.69, 9.17) is 9.47 Å². The van der Waals surface area contributed by atoms with Gasteiger partial charge in [0.05, 0.1) is 18.9 Å². The second-order valence-corrected chi connectivity index (χ2v) is 4.51. The summed E-state index contributed by atoms with van der Waals surface area (Å²) >= 11 is 0. The third-order valence-corrected chi connectivity index (χ3v) is 3.13. The summed E-state index contributed by atoms with van der Waals surface area (Å²) in [5, 5.41) is 0. The molecule has 0 amide bonds. The fourth-order valence-corrected chi connectivity index (χ4v) is 2.10. The lowest BCUT2D eigenvalue weighted by atomic mass is 10.0. The zero-order valence-electron chi connectivity index (χ0n) is 12.7. The van der Waals surface area contributed by atoms with Crippen LogP contribution in [-0.4, -0.2) is 36.4 Å². The largest absolute Gasteiger partial charge is 0.466 e. The molecule has 21 heavy (non-hydrogen) atoms. The Bertz CT molecular complexity index is 518. The van der Waals surface area contributed by atoms with Crippen molar-refractivity contribution >= 4 is 18.2 Å². The molecule has 6 nitrogen and oxygen atoms in total. The van der Waals surface area contributed by atoms with E-state index in [0.717, 1.165) is 11.1 Å². The van der Waals surface area contributed by atoms with Gasteiger partial charge < -0.3 is 14.5 Å². The van der Waals surface area contributed by atoms with Crippen LogP contribution in [0.25, 0.3) is 0 Å². The van der Waals surface area contributed by atoms with Crippen LogP contribution in [0.1, 0.15) is 58.8 Å². The highest BCUT2D eigenvalue weighted by Crippen LogP contribution is 2.20. The molecule has 0 saturated carbocycles. The van der Waals surface area contributed by atoms with E-state index in [2.05, 4.69) is 4.98 Å². The molecule has 0 aliphatic rings. The van der Waals surface area contributed by atoms with Crippen LogP contribution in [-0.2, 0) is 20.7 Å². The maximum atomic E-state index is 11.9. The van der Waals surface area contributed by atoms with Crippen molar-refractivity contribution in [3.8, 4) is 0 Å². The summed E-state index contributed by atoms with van der Waals surface area (Å²) in [6, 6.07) is 0. The molecule has 1 heterocycles. The zero-order valence-corrected chi connectivity index (χ0v) is 12.7. The molecule has 1 aromatic heterocycles. The van der Waals surface area contributed by atoms with Crippen LogP contribution in [0.5, 0.6) is 0 Å². The second-order valence-electron chi connectivity index (χ2n) is 4.51. The summed E-state index contributed by atoms with van der Waals surface area (Å²) in [7, 11) is 0. The second kappa shape index (κ2) is 8.24. The average Bonchev–Trinajstić information content (AvgIpc) is 2.76. The molecule has 0 aromatic carbocycles. The van der Waals surface area contributed by atoms with E-state index in [1.807, 2.05) is 0 Å². The number of nitrogens with one attached hydrogen (secondary N) is 1. The van der Waals surface area contributed by atoms with E-state index in [1.165, 1.54) is 0 Å². The lowest BCUT2D eigenvalue weighted by molar-refractivity contribution is -0.143. The number of aromatic amines is 1. The SMILES string of the molecule is CCOC(=O)CCCc1c(C(=O)OCC)[nH]c(C=O)c1C. The van der Waals surface area contributed by atoms with Gasteiger partial charge in [-0.15, -0.1) is 0 Å². The number of hydrogen-bond donors (Lipinski definition) is 1.